The summed E-state index contributed by atoms with van der Waals surface area (Å²) in [6.45, 7) is 3.99. The Morgan fingerprint density at radius 1 is 1.24 bits per heavy atom. The van der Waals surface area contributed by atoms with E-state index in [2.05, 4.69) is 36.6 Å². The van der Waals surface area contributed by atoms with Crippen LogP contribution in [-0.2, 0) is 10.0 Å². The van der Waals surface area contributed by atoms with Crippen molar-refractivity contribution in [2.75, 3.05) is 18.9 Å². The van der Waals surface area contributed by atoms with Crippen molar-refractivity contribution in [3.8, 4) is 0 Å². The second kappa shape index (κ2) is 7.41. The first kappa shape index (κ1) is 18.9. The molecule has 1 rings (SSSR count). The molecular formula is C13H20Br2N2O3S. The van der Waals surface area contributed by atoms with Crippen LogP contribution in [0.5, 0.6) is 0 Å². The second-order valence-electron chi connectivity index (χ2n) is 5.00. The van der Waals surface area contributed by atoms with E-state index in [0.29, 0.717) is 27.5 Å². The molecule has 8 heteroatoms. The van der Waals surface area contributed by atoms with Gasteiger partial charge < -0.3 is 10.8 Å². The summed E-state index contributed by atoms with van der Waals surface area (Å²) < 4.78 is 28.3. The van der Waals surface area contributed by atoms with Gasteiger partial charge in [0.1, 0.15) is 4.90 Å². The van der Waals surface area contributed by atoms with Crippen LogP contribution in [0.4, 0.5) is 5.69 Å². The van der Waals surface area contributed by atoms with Crippen molar-refractivity contribution in [1.29, 1.82) is 0 Å². The maximum atomic E-state index is 12.5. The second-order valence-corrected chi connectivity index (χ2v) is 8.42. The van der Waals surface area contributed by atoms with Crippen molar-refractivity contribution in [1.82, 2.24) is 4.72 Å². The van der Waals surface area contributed by atoms with Crippen LogP contribution in [0.1, 0.15) is 26.7 Å². The van der Waals surface area contributed by atoms with Crippen LogP contribution in [0.2, 0.25) is 0 Å². The fourth-order valence-corrected chi connectivity index (χ4v) is 5.71. The molecule has 0 aromatic heterocycles. The topological polar surface area (TPSA) is 92.4 Å². The van der Waals surface area contributed by atoms with Gasteiger partial charge in [0.2, 0.25) is 10.0 Å². The van der Waals surface area contributed by atoms with E-state index in [-0.39, 0.29) is 18.0 Å². The zero-order chi connectivity index (χ0) is 16.3. The van der Waals surface area contributed by atoms with E-state index in [9.17, 15) is 13.5 Å². The zero-order valence-electron chi connectivity index (χ0n) is 12.0. The average Bonchev–Trinajstić information content (AvgIpc) is 2.39. The third-order valence-corrected chi connectivity index (χ3v) is 7.04. The SMILES string of the molecule is CCC(CC)(CO)CNS(=O)(=O)c1c(Br)cc(N)cc1Br. The lowest BCUT2D eigenvalue weighted by molar-refractivity contribution is 0.119. The number of anilines is 1. The molecule has 4 N–H and O–H groups in total. The Hall–Kier alpha value is -0.150. The number of sulfonamides is 1. The smallest absolute Gasteiger partial charge is 0.242 e. The van der Waals surface area contributed by atoms with Gasteiger partial charge in [-0.1, -0.05) is 13.8 Å². The van der Waals surface area contributed by atoms with Gasteiger partial charge in [-0.15, -0.1) is 0 Å². The van der Waals surface area contributed by atoms with Gasteiger partial charge in [0.25, 0.3) is 0 Å². The molecule has 5 nitrogen and oxygen atoms in total. The van der Waals surface area contributed by atoms with E-state index in [0.717, 1.165) is 0 Å². The van der Waals surface area contributed by atoms with Crippen LogP contribution in [-0.4, -0.2) is 26.7 Å². The molecule has 0 saturated carbocycles. The molecule has 0 radical (unpaired) electrons. The fraction of sp³-hybridized carbons (Fsp3) is 0.538. The largest absolute Gasteiger partial charge is 0.399 e. The molecule has 0 saturated heterocycles. The van der Waals surface area contributed by atoms with E-state index in [1.165, 1.54) is 12.1 Å². The Morgan fingerprint density at radius 3 is 2.10 bits per heavy atom. The molecule has 1 aromatic carbocycles. The standard InChI is InChI=1S/C13H20Br2N2O3S/c1-3-13(4-2,8-18)7-17-21(19,20)12-10(14)5-9(16)6-11(12)15/h5-6,17-18H,3-4,7-8,16H2,1-2H3. The van der Waals surface area contributed by atoms with E-state index in [1.807, 2.05) is 13.8 Å². The number of rotatable bonds is 7. The maximum Gasteiger partial charge on any atom is 0.242 e. The summed E-state index contributed by atoms with van der Waals surface area (Å²) in [5, 5.41) is 9.52. The van der Waals surface area contributed by atoms with Gasteiger partial charge in [-0.05, 0) is 56.8 Å². The number of nitrogen functional groups attached to an aromatic ring is 1. The number of hydrogen-bond acceptors (Lipinski definition) is 4. The van der Waals surface area contributed by atoms with Crippen LogP contribution in [0.25, 0.3) is 0 Å². The van der Waals surface area contributed by atoms with Crippen LogP contribution in [0.15, 0.2) is 26.0 Å². The van der Waals surface area contributed by atoms with Gasteiger partial charge in [0, 0.05) is 33.2 Å². The summed E-state index contributed by atoms with van der Waals surface area (Å²) in [4.78, 5) is 0.107. The first-order valence-electron chi connectivity index (χ1n) is 6.56. The van der Waals surface area contributed by atoms with Gasteiger partial charge in [-0.25, -0.2) is 13.1 Å². The summed E-state index contributed by atoms with van der Waals surface area (Å²) in [7, 11) is -3.71. The van der Waals surface area contributed by atoms with E-state index < -0.39 is 15.4 Å². The quantitative estimate of drug-likeness (QED) is 0.565. The summed E-state index contributed by atoms with van der Waals surface area (Å²) in [6, 6.07) is 3.08. The molecule has 21 heavy (non-hydrogen) atoms. The summed E-state index contributed by atoms with van der Waals surface area (Å²) in [6.07, 6.45) is 1.37. The Bertz CT molecular complexity index is 570. The number of nitrogens with one attached hydrogen (secondary N) is 1. The first-order chi connectivity index (χ1) is 9.71. The molecule has 0 bridgehead atoms. The minimum Gasteiger partial charge on any atom is -0.399 e. The molecule has 0 heterocycles. The fourth-order valence-electron chi connectivity index (χ4n) is 1.94. The van der Waals surface area contributed by atoms with Crippen molar-refractivity contribution in [2.45, 2.75) is 31.6 Å². The van der Waals surface area contributed by atoms with E-state index in [1.54, 1.807) is 0 Å². The summed E-state index contributed by atoms with van der Waals surface area (Å²) in [5.41, 5.74) is 5.68. The highest BCUT2D eigenvalue weighted by Gasteiger charge is 2.29. The lowest BCUT2D eigenvalue weighted by atomic mass is 9.84. The Morgan fingerprint density at radius 2 is 1.71 bits per heavy atom. The molecule has 0 atom stereocenters. The van der Waals surface area contributed by atoms with Gasteiger partial charge >= 0.3 is 0 Å². The predicted molar refractivity (Wildman–Crippen MR) is 91.5 cm³/mol. The lowest BCUT2D eigenvalue weighted by Gasteiger charge is -2.29. The van der Waals surface area contributed by atoms with E-state index in [4.69, 9.17) is 5.73 Å². The summed E-state index contributed by atoms with van der Waals surface area (Å²) >= 11 is 6.45. The minimum atomic E-state index is -3.71. The van der Waals surface area contributed by atoms with Crippen LogP contribution in [0, 0.1) is 5.41 Å². The predicted octanol–water partition coefficient (Wildman–Crippen LogP) is 2.87. The van der Waals surface area contributed by atoms with Crippen molar-refractivity contribution < 1.29 is 13.5 Å². The van der Waals surface area contributed by atoms with Gasteiger partial charge in [-0.2, -0.15) is 0 Å². The van der Waals surface area contributed by atoms with Gasteiger partial charge in [0.05, 0.1) is 0 Å². The number of aliphatic hydroxyl groups is 1. The number of benzene rings is 1. The molecule has 0 fully saturated rings. The monoisotopic (exact) mass is 442 g/mol. The molecule has 0 amide bonds. The molecule has 0 aliphatic heterocycles. The van der Waals surface area contributed by atoms with Crippen LogP contribution < -0.4 is 10.5 Å². The highest BCUT2D eigenvalue weighted by Crippen LogP contribution is 2.33. The van der Waals surface area contributed by atoms with Crippen molar-refractivity contribution >= 4 is 47.6 Å². The average molecular weight is 444 g/mol. The molecule has 1 aromatic rings. The molecule has 0 unspecified atom stereocenters. The van der Waals surface area contributed by atoms with E-state index >= 15 is 0 Å². The van der Waals surface area contributed by atoms with Crippen LogP contribution in [0.3, 0.4) is 0 Å². The zero-order valence-corrected chi connectivity index (χ0v) is 16.0. The third kappa shape index (κ3) is 4.41. The first-order valence-corrected chi connectivity index (χ1v) is 9.63. The van der Waals surface area contributed by atoms with Gasteiger partial charge in [0.15, 0.2) is 0 Å². The minimum absolute atomic E-state index is 0.0629. The highest BCUT2D eigenvalue weighted by molar-refractivity contribution is 9.11. The molecule has 0 spiro atoms. The molecule has 120 valence electrons. The Balaban J connectivity index is 3.09. The number of halogens is 2. The Labute approximate surface area is 142 Å². The Kier molecular flexibility index (Phi) is 6.67. The lowest BCUT2D eigenvalue weighted by Crippen LogP contribution is -2.39. The highest BCUT2D eigenvalue weighted by atomic mass is 79.9. The van der Waals surface area contributed by atoms with Crippen molar-refractivity contribution in [2.24, 2.45) is 5.41 Å². The number of hydrogen-bond donors (Lipinski definition) is 3. The number of aliphatic hydroxyl groups excluding tert-OH is 1. The van der Waals surface area contributed by atoms with Crippen LogP contribution >= 0.6 is 31.9 Å². The van der Waals surface area contributed by atoms with Crippen molar-refractivity contribution in [3.05, 3.63) is 21.1 Å². The third-order valence-electron chi connectivity index (χ3n) is 3.76. The molecular weight excluding hydrogens is 424 g/mol. The van der Waals surface area contributed by atoms with Gasteiger partial charge in [-0.3, -0.25) is 0 Å². The molecule has 0 aliphatic carbocycles. The van der Waals surface area contributed by atoms with Crippen molar-refractivity contribution in [3.63, 3.8) is 0 Å². The number of nitrogens with two attached hydrogens (primary N) is 1. The maximum absolute atomic E-state index is 12.5. The molecule has 0 aliphatic rings. The normalized spacial score (nSPS) is 12.6. The summed E-state index contributed by atoms with van der Waals surface area (Å²) in [5.74, 6) is 0.